The summed E-state index contributed by atoms with van der Waals surface area (Å²) < 4.78 is 28.5. The molecule has 2 rings (SSSR count). The fourth-order valence-corrected chi connectivity index (χ4v) is 4.40. The zero-order chi connectivity index (χ0) is 34.6. The molecule has 0 heterocycles. The summed E-state index contributed by atoms with van der Waals surface area (Å²) in [5.74, 6) is -2.40. The molecule has 10 heteroatoms. The first-order valence-corrected chi connectivity index (χ1v) is 17.0. The van der Waals surface area contributed by atoms with Crippen molar-refractivity contribution in [1.82, 2.24) is 0 Å². The van der Waals surface area contributed by atoms with Crippen molar-refractivity contribution in [1.29, 1.82) is 0 Å². The van der Waals surface area contributed by atoms with Crippen LogP contribution < -0.4 is 23.7 Å². The molecule has 0 N–H and O–H groups in total. The third-order valence-electron chi connectivity index (χ3n) is 7.02. The van der Waals surface area contributed by atoms with Gasteiger partial charge in [0, 0.05) is 50.3 Å². The van der Waals surface area contributed by atoms with Crippen LogP contribution in [0.3, 0.4) is 0 Å². The zero-order valence-electron chi connectivity index (χ0n) is 28.6. The van der Waals surface area contributed by atoms with Crippen molar-refractivity contribution < 1.29 is 47.7 Å². The second kappa shape index (κ2) is 21.6. The SMILES string of the molecule is CCCCC(=O)Oc1cc(OC(=O)CCCC)cc(-c2c(OC(=O)CCCC)cc(OC(=O)CCCC)cc2OC(=O)CCCC)c1. The molecule has 258 valence electrons. The van der Waals surface area contributed by atoms with E-state index < -0.39 is 29.8 Å². The van der Waals surface area contributed by atoms with Crippen LogP contribution in [0.5, 0.6) is 28.7 Å². The molecule has 2 aromatic carbocycles. The van der Waals surface area contributed by atoms with Gasteiger partial charge in [-0.05, 0) is 49.8 Å². The Morgan fingerprint density at radius 3 is 0.979 bits per heavy atom. The molecule has 47 heavy (non-hydrogen) atoms. The maximum atomic E-state index is 13.0. The van der Waals surface area contributed by atoms with Gasteiger partial charge < -0.3 is 23.7 Å². The monoisotopic (exact) mass is 654 g/mol. The van der Waals surface area contributed by atoms with E-state index in [9.17, 15) is 24.0 Å². The largest absolute Gasteiger partial charge is 0.426 e. The van der Waals surface area contributed by atoms with Crippen molar-refractivity contribution in [3.05, 3.63) is 30.3 Å². The molecule has 10 nitrogen and oxygen atoms in total. The van der Waals surface area contributed by atoms with Crippen LogP contribution in [0, 0.1) is 0 Å². The molecule has 0 unspecified atom stereocenters. The van der Waals surface area contributed by atoms with E-state index in [2.05, 4.69) is 0 Å². The average molecular weight is 655 g/mol. The smallest absolute Gasteiger partial charge is 0.311 e. The second-order valence-corrected chi connectivity index (χ2v) is 11.4. The van der Waals surface area contributed by atoms with E-state index in [1.807, 2.05) is 34.6 Å². The highest BCUT2D eigenvalue weighted by Crippen LogP contribution is 2.45. The van der Waals surface area contributed by atoms with Gasteiger partial charge in [0.1, 0.15) is 28.7 Å². The van der Waals surface area contributed by atoms with Gasteiger partial charge in [0.15, 0.2) is 0 Å². The summed E-state index contributed by atoms with van der Waals surface area (Å²) in [5, 5.41) is 0. The molecule has 0 amide bonds. The van der Waals surface area contributed by atoms with Crippen molar-refractivity contribution in [2.45, 2.75) is 131 Å². The lowest BCUT2D eigenvalue weighted by Gasteiger charge is -2.18. The number of carbonyl (C=O) groups excluding carboxylic acids is 5. The normalized spacial score (nSPS) is 10.7. The highest BCUT2D eigenvalue weighted by Gasteiger charge is 2.24. The van der Waals surface area contributed by atoms with Crippen LogP contribution in [0.1, 0.15) is 131 Å². The second-order valence-electron chi connectivity index (χ2n) is 11.4. The Kier molecular flexibility index (Phi) is 17.9. The van der Waals surface area contributed by atoms with Crippen LogP contribution in [0.2, 0.25) is 0 Å². The summed E-state index contributed by atoms with van der Waals surface area (Å²) in [5.41, 5.74) is 0.440. The van der Waals surface area contributed by atoms with Crippen molar-refractivity contribution in [3.63, 3.8) is 0 Å². The topological polar surface area (TPSA) is 132 Å². The summed E-state index contributed by atoms with van der Waals surface area (Å²) in [6, 6.07) is 7.24. The first-order valence-electron chi connectivity index (χ1n) is 17.0. The first-order chi connectivity index (χ1) is 22.6. The number of hydrogen-bond donors (Lipinski definition) is 0. The molecule has 0 aliphatic rings. The van der Waals surface area contributed by atoms with E-state index in [0.717, 1.165) is 32.1 Å². The van der Waals surface area contributed by atoms with Crippen molar-refractivity contribution in [2.24, 2.45) is 0 Å². The zero-order valence-corrected chi connectivity index (χ0v) is 28.6. The highest BCUT2D eigenvalue weighted by molar-refractivity contribution is 5.87. The summed E-state index contributed by atoms with van der Waals surface area (Å²) >= 11 is 0. The lowest BCUT2D eigenvalue weighted by Crippen LogP contribution is -2.13. The molecule has 0 aliphatic heterocycles. The quantitative estimate of drug-likeness (QED) is 0.0950. The van der Waals surface area contributed by atoms with Crippen molar-refractivity contribution in [2.75, 3.05) is 0 Å². The van der Waals surface area contributed by atoms with Crippen LogP contribution in [0.25, 0.3) is 11.1 Å². The van der Waals surface area contributed by atoms with E-state index in [1.165, 1.54) is 30.3 Å². The molecule has 0 saturated heterocycles. The Balaban J connectivity index is 2.79. The maximum Gasteiger partial charge on any atom is 0.311 e. The number of carbonyl (C=O) groups is 5. The number of rotatable bonds is 21. The fraction of sp³-hybridized carbons (Fsp3) is 0.541. The molecule has 2 aromatic rings. The summed E-state index contributed by atoms with van der Waals surface area (Å²) in [6.45, 7) is 9.76. The van der Waals surface area contributed by atoms with E-state index in [4.69, 9.17) is 23.7 Å². The van der Waals surface area contributed by atoms with Crippen LogP contribution in [-0.4, -0.2) is 29.8 Å². The molecule has 0 atom stereocenters. The Morgan fingerprint density at radius 2 is 0.681 bits per heavy atom. The standard InChI is InChI=1S/C37H50O10/c1-6-11-16-32(38)43-27-21-26(22-28(23-27)44-33(39)17-12-7-2)37-30(46-35(41)19-14-9-4)24-29(45-34(40)18-13-8-3)25-31(37)47-36(42)20-15-10-5/h21-25H,6-20H2,1-5H3. The van der Waals surface area contributed by atoms with Crippen LogP contribution >= 0.6 is 0 Å². The van der Waals surface area contributed by atoms with E-state index in [1.54, 1.807) is 0 Å². The molecule has 0 saturated carbocycles. The Morgan fingerprint density at radius 1 is 0.404 bits per heavy atom. The summed E-state index contributed by atoms with van der Waals surface area (Å²) in [7, 11) is 0. The lowest BCUT2D eigenvalue weighted by atomic mass is 10.0. The first kappa shape index (κ1) is 39.0. The van der Waals surface area contributed by atoms with Gasteiger partial charge in [-0.15, -0.1) is 0 Å². The molecular formula is C37H50O10. The molecule has 0 aromatic heterocycles. The fourth-order valence-electron chi connectivity index (χ4n) is 4.40. The third kappa shape index (κ3) is 14.4. The molecule has 0 radical (unpaired) electrons. The Bertz CT molecular complexity index is 1260. The maximum absolute atomic E-state index is 13.0. The summed E-state index contributed by atoms with van der Waals surface area (Å²) in [6.07, 6.45) is 7.74. The van der Waals surface area contributed by atoms with Crippen LogP contribution in [0.15, 0.2) is 30.3 Å². The predicted octanol–water partition coefficient (Wildman–Crippen LogP) is 8.83. The number of benzene rings is 2. The van der Waals surface area contributed by atoms with Gasteiger partial charge >= 0.3 is 29.8 Å². The molecule has 0 aliphatic carbocycles. The minimum absolute atomic E-state index is 0.0276. The molecule has 0 fully saturated rings. The van der Waals surface area contributed by atoms with E-state index in [-0.39, 0.29) is 72.0 Å². The van der Waals surface area contributed by atoms with Crippen LogP contribution in [0.4, 0.5) is 0 Å². The van der Waals surface area contributed by atoms with Gasteiger partial charge in [-0.2, -0.15) is 0 Å². The van der Waals surface area contributed by atoms with Gasteiger partial charge in [-0.25, -0.2) is 0 Å². The van der Waals surface area contributed by atoms with Gasteiger partial charge in [-0.3, -0.25) is 24.0 Å². The van der Waals surface area contributed by atoms with E-state index >= 15 is 0 Å². The summed E-state index contributed by atoms with van der Waals surface area (Å²) in [4.78, 5) is 63.7. The van der Waals surface area contributed by atoms with Crippen molar-refractivity contribution in [3.8, 4) is 39.9 Å². The van der Waals surface area contributed by atoms with Crippen LogP contribution in [-0.2, 0) is 24.0 Å². The van der Waals surface area contributed by atoms with E-state index in [0.29, 0.717) is 32.1 Å². The Labute approximate surface area is 278 Å². The molecular weight excluding hydrogens is 604 g/mol. The average Bonchev–Trinajstić information content (AvgIpc) is 3.03. The van der Waals surface area contributed by atoms with Gasteiger partial charge in [0.25, 0.3) is 0 Å². The minimum atomic E-state index is -0.542. The predicted molar refractivity (Wildman–Crippen MR) is 178 cm³/mol. The third-order valence-corrected chi connectivity index (χ3v) is 7.02. The number of hydrogen-bond acceptors (Lipinski definition) is 10. The molecule has 0 bridgehead atoms. The Hall–Kier alpha value is -4.21. The van der Waals surface area contributed by atoms with Gasteiger partial charge in [-0.1, -0.05) is 66.7 Å². The molecule has 0 spiro atoms. The van der Waals surface area contributed by atoms with Gasteiger partial charge in [0.05, 0.1) is 5.56 Å². The highest BCUT2D eigenvalue weighted by atomic mass is 16.6. The van der Waals surface area contributed by atoms with Crippen molar-refractivity contribution >= 4 is 29.8 Å². The lowest BCUT2D eigenvalue weighted by molar-refractivity contribution is -0.136. The number of esters is 5. The number of unbranched alkanes of at least 4 members (excludes halogenated alkanes) is 5. The van der Waals surface area contributed by atoms with Gasteiger partial charge in [0.2, 0.25) is 0 Å². The minimum Gasteiger partial charge on any atom is -0.426 e. The number of ether oxygens (including phenoxy) is 5.